The van der Waals surface area contributed by atoms with Gasteiger partial charge in [-0.1, -0.05) is 42.5 Å². The number of amides is 1. The monoisotopic (exact) mass is 343 g/mol. The van der Waals surface area contributed by atoms with Crippen LogP contribution in [0.3, 0.4) is 0 Å². The average molecular weight is 343 g/mol. The summed E-state index contributed by atoms with van der Waals surface area (Å²) < 4.78 is 5.28. The molecule has 0 aliphatic rings. The molecular weight excluding hydrogens is 322 g/mol. The molecule has 0 saturated heterocycles. The summed E-state index contributed by atoms with van der Waals surface area (Å²) in [6, 6.07) is 17.1. The maximum Gasteiger partial charge on any atom is 0.340 e. The fourth-order valence-electron chi connectivity index (χ4n) is 2.21. The molecule has 0 unspecified atom stereocenters. The highest BCUT2D eigenvalue weighted by molar-refractivity contribution is 7.98. The molecule has 0 heterocycles. The maximum absolute atomic E-state index is 12.2. The van der Waals surface area contributed by atoms with Crippen molar-refractivity contribution in [3.8, 4) is 0 Å². The highest BCUT2D eigenvalue weighted by atomic mass is 32.2. The summed E-state index contributed by atoms with van der Waals surface area (Å²) in [6.45, 7) is 2.09. The summed E-state index contributed by atoms with van der Waals surface area (Å²) in [6.07, 6.45) is 1.80. The predicted octanol–water partition coefficient (Wildman–Crippen LogP) is 3.31. The predicted molar refractivity (Wildman–Crippen MR) is 96.3 cm³/mol. The lowest BCUT2D eigenvalue weighted by atomic mass is 10.1. The van der Waals surface area contributed by atoms with E-state index in [2.05, 4.69) is 5.32 Å². The van der Waals surface area contributed by atoms with E-state index in [0.717, 1.165) is 16.9 Å². The van der Waals surface area contributed by atoms with Crippen LogP contribution in [0.1, 0.15) is 22.8 Å². The van der Waals surface area contributed by atoms with Crippen LogP contribution in [-0.4, -0.2) is 30.8 Å². The number of ether oxygens (including phenoxy) is 1. The minimum atomic E-state index is -0.830. The zero-order valence-corrected chi connectivity index (χ0v) is 14.6. The average Bonchev–Trinajstić information content (AvgIpc) is 2.62. The van der Waals surface area contributed by atoms with Gasteiger partial charge in [0.2, 0.25) is 0 Å². The van der Waals surface area contributed by atoms with Crippen molar-refractivity contribution in [2.75, 3.05) is 12.8 Å². The second-order valence-electron chi connectivity index (χ2n) is 5.27. The summed E-state index contributed by atoms with van der Waals surface area (Å²) >= 11 is 1.47. The lowest BCUT2D eigenvalue weighted by molar-refractivity contribution is -0.129. The molecule has 2 aromatic carbocycles. The van der Waals surface area contributed by atoms with Crippen LogP contribution < -0.4 is 5.32 Å². The minimum absolute atomic E-state index is 0.291. The zero-order valence-electron chi connectivity index (χ0n) is 13.8. The molecule has 24 heavy (non-hydrogen) atoms. The number of hydrogen-bond acceptors (Lipinski definition) is 4. The Bertz CT molecular complexity index is 688. The van der Waals surface area contributed by atoms with Gasteiger partial charge in [-0.2, -0.15) is 0 Å². The van der Waals surface area contributed by atoms with E-state index in [1.807, 2.05) is 48.7 Å². The number of carbonyl (C=O) groups excluding carboxylic acids is 2. The molecule has 1 atom stereocenters. The Labute approximate surface area is 146 Å². The van der Waals surface area contributed by atoms with Gasteiger partial charge in [0.25, 0.3) is 5.91 Å². The number of hydrogen-bond donors (Lipinski definition) is 1. The first-order valence-corrected chi connectivity index (χ1v) is 9.00. The number of benzene rings is 2. The van der Waals surface area contributed by atoms with Crippen LogP contribution in [0, 0.1) is 0 Å². The maximum atomic E-state index is 12.2. The van der Waals surface area contributed by atoms with E-state index in [-0.39, 0.29) is 5.91 Å². The molecule has 0 aliphatic heterocycles. The topological polar surface area (TPSA) is 55.4 Å². The number of carbonyl (C=O) groups is 2. The van der Waals surface area contributed by atoms with Gasteiger partial charge in [0, 0.05) is 11.4 Å². The van der Waals surface area contributed by atoms with Crippen LogP contribution in [0.25, 0.3) is 0 Å². The van der Waals surface area contributed by atoms with Crippen molar-refractivity contribution < 1.29 is 14.3 Å². The van der Waals surface area contributed by atoms with Crippen LogP contribution in [0.15, 0.2) is 59.5 Å². The third kappa shape index (κ3) is 5.13. The molecule has 1 amide bonds. The third-order valence-corrected chi connectivity index (χ3v) is 4.33. The molecule has 0 saturated carbocycles. The molecule has 0 fully saturated rings. The van der Waals surface area contributed by atoms with E-state index in [4.69, 9.17) is 4.74 Å². The fourth-order valence-corrected chi connectivity index (χ4v) is 2.80. The quantitative estimate of drug-likeness (QED) is 0.619. The molecule has 5 heteroatoms. The van der Waals surface area contributed by atoms with Crippen LogP contribution in [0.4, 0.5) is 0 Å². The van der Waals surface area contributed by atoms with Crippen molar-refractivity contribution in [3.05, 3.63) is 65.7 Å². The van der Waals surface area contributed by atoms with Crippen molar-refractivity contribution >= 4 is 23.6 Å². The summed E-state index contributed by atoms with van der Waals surface area (Å²) in [4.78, 5) is 25.1. The Morgan fingerprint density at radius 1 is 1.08 bits per heavy atom. The van der Waals surface area contributed by atoms with E-state index in [0.29, 0.717) is 12.1 Å². The molecule has 0 aromatic heterocycles. The van der Waals surface area contributed by atoms with Gasteiger partial charge >= 0.3 is 5.97 Å². The zero-order chi connectivity index (χ0) is 17.4. The van der Waals surface area contributed by atoms with E-state index in [9.17, 15) is 9.59 Å². The lowest BCUT2D eigenvalue weighted by Gasteiger charge is -2.14. The normalized spacial score (nSPS) is 11.6. The Balaban J connectivity index is 1.83. The first-order valence-electron chi connectivity index (χ1n) is 7.77. The lowest BCUT2D eigenvalue weighted by Crippen LogP contribution is -2.37. The fraction of sp³-hybridized carbons (Fsp3) is 0.263. The van der Waals surface area contributed by atoms with Gasteiger partial charge in [0.05, 0.1) is 5.56 Å². The van der Waals surface area contributed by atoms with E-state index in [1.165, 1.54) is 11.8 Å². The van der Waals surface area contributed by atoms with Gasteiger partial charge in [0.15, 0.2) is 6.10 Å². The molecule has 4 nitrogen and oxygen atoms in total. The second kappa shape index (κ2) is 9.13. The largest absolute Gasteiger partial charge is 0.449 e. The van der Waals surface area contributed by atoms with Crippen molar-refractivity contribution in [2.45, 2.75) is 24.3 Å². The summed E-state index contributed by atoms with van der Waals surface area (Å²) in [5, 5.41) is 2.79. The Morgan fingerprint density at radius 2 is 1.75 bits per heavy atom. The van der Waals surface area contributed by atoms with Crippen molar-refractivity contribution in [2.24, 2.45) is 0 Å². The number of rotatable bonds is 7. The van der Waals surface area contributed by atoms with Crippen LogP contribution in [0.5, 0.6) is 0 Å². The first-order chi connectivity index (χ1) is 11.6. The van der Waals surface area contributed by atoms with Crippen molar-refractivity contribution in [1.82, 2.24) is 5.32 Å². The van der Waals surface area contributed by atoms with Crippen LogP contribution in [0.2, 0.25) is 0 Å². The van der Waals surface area contributed by atoms with Gasteiger partial charge < -0.3 is 10.1 Å². The highest BCUT2D eigenvalue weighted by Gasteiger charge is 2.20. The number of nitrogens with one attached hydrogen (secondary N) is 1. The molecule has 0 spiro atoms. The van der Waals surface area contributed by atoms with Crippen LogP contribution in [-0.2, 0) is 16.0 Å². The standard InChI is InChI=1S/C19H21NO3S/c1-14(18(21)20-13-12-15-8-4-3-5-9-15)23-19(22)16-10-6-7-11-17(16)24-2/h3-11,14H,12-13H2,1-2H3,(H,20,21)/t14-/m0/s1. The molecule has 0 aliphatic carbocycles. The molecular formula is C19H21NO3S. The SMILES string of the molecule is CSc1ccccc1C(=O)O[C@@H](C)C(=O)NCCc1ccccc1. The first kappa shape index (κ1) is 18.1. The minimum Gasteiger partial charge on any atom is -0.449 e. The van der Waals surface area contributed by atoms with E-state index >= 15 is 0 Å². The van der Waals surface area contributed by atoms with Gasteiger partial charge in [0.1, 0.15) is 0 Å². The molecule has 2 aromatic rings. The van der Waals surface area contributed by atoms with Crippen molar-refractivity contribution in [3.63, 3.8) is 0 Å². The van der Waals surface area contributed by atoms with E-state index in [1.54, 1.807) is 19.1 Å². The second-order valence-corrected chi connectivity index (χ2v) is 6.12. The van der Waals surface area contributed by atoms with Gasteiger partial charge in [-0.25, -0.2) is 4.79 Å². The van der Waals surface area contributed by atoms with E-state index < -0.39 is 12.1 Å². The van der Waals surface area contributed by atoms with Crippen molar-refractivity contribution in [1.29, 1.82) is 0 Å². The summed E-state index contributed by atoms with van der Waals surface area (Å²) in [5.41, 5.74) is 1.63. The highest BCUT2D eigenvalue weighted by Crippen LogP contribution is 2.21. The van der Waals surface area contributed by atoms with Gasteiger partial charge in [-0.05, 0) is 37.3 Å². The number of esters is 1. The Hall–Kier alpha value is -2.27. The molecule has 0 radical (unpaired) electrons. The van der Waals surface area contributed by atoms with Gasteiger partial charge in [-0.15, -0.1) is 11.8 Å². The Kier molecular flexibility index (Phi) is 6.88. The molecule has 0 bridgehead atoms. The third-order valence-electron chi connectivity index (χ3n) is 3.54. The molecule has 2 rings (SSSR count). The number of thioether (sulfide) groups is 1. The summed E-state index contributed by atoms with van der Waals surface area (Å²) in [5.74, 6) is -0.772. The Morgan fingerprint density at radius 3 is 2.46 bits per heavy atom. The van der Waals surface area contributed by atoms with Gasteiger partial charge in [-0.3, -0.25) is 4.79 Å². The molecule has 1 N–H and O–H groups in total. The molecule has 126 valence electrons. The summed E-state index contributed by atoms with van der Waals surface area (Å²) in [7, 11) is 0. The smallest absolute Gasteiger partial charge is 0.340 e. The van der Waals surface area contributed by atoms with Crippen LogP contribution >= 0.6 is 11.8 Å².